The number of halogens is 1. The number of rotatable bonds is 1. The zero-order valence-electron chi connectivity index (χ0n) is 8.64. The summed E-state index contributed by atoms with van der Waals surface area (Å²) in [6.07, 6.45) is 0.894. The Kier molecular flexibility index (Phi) is 3.28. The quantitative estimate of drug-likeness (QED) is 0.852. The van der Waals surface area contributed by atoms with Gasteiger partial charge in [0.2, 0.25) is 0 Å². The number of hydrogen-bond donors (Lipinski definition) is 1. The third-order valence-corrected chi connectivity index (χ3v) is 3.07. The number of pyridine rings is 1. The predicted octanol–water partition coefficient (Wildman–Crippen LogP) is 1.64. The van der Waals surface area contributed by atoms with Crippen LogP contribution in [0.15, 0.2) is 22.8 Å². The van der Waals surface area contributed by atoms with Gasteiger partial charge >= 0.3 is 6.09 Å². The number of carbonyl (C=O) groups is 1. The Balaban J connectivity index is 2.01. The van der Waals surface area contributed by atoms with Crippen molar-refractivity contribution in [3.8, 4) is 0 Å². The molecule has 6 heteroatoms. The van der Waals surface area contributed by atoms with Gasteiger partial charge in [-0.3, -0.25) is 0 Å². The summed E-state index contributed by atoms with van der Waals surface area (Å²) in [5, 5.41) is 8.82. The summed E-state index contributed by atoms with van der Waals surface area (Å²) in [5.74, 6) is 0.888. The van der Waals surface area contributed by atoms with Crippen LogP contribution in [0.25, 0.3) is 0 Å². The Morgan fingerprint density at radius 1 is 1.38 bits per heavy atom. The number of amides is 1. The lowest BCUT2D eigenvalue weighted by molar-refractivity contribution is 0.142. The summed E-state index contributed by atoms with van der Waals surface area (Å²) < 4.78 is 0.984. The van der Waals surface area contributed by atoms with Gasteiger partial charge in [0.15, 0.2) is 0 Å². The SMILES string of the molecule is O=C(O)N1CCN(c2cc(Br)ccn2)CC1. The van der Waals surface area contributed by atoms with Crippen molar-refractivity contribution in [3.05, 3.63) is 22.8 Å². The van der Waals surface area contributed by atoms with Crippen LogP contribution in [0.3, 0.4) is 0 Å². The van der Waals surface area contributed by atoms with Crippen molar-refractivity contribution in [3.63, 3.8) is 0 Å². The fourth-order valence-electron chi connectivity index (χ4n) is 1.69. The molecule has 1 amide bonds. The zero-order valence-corrected chi connectivity index (χ0v) is 10.2. The van der Waals surface area contributed by atoms with Crippen LogP contribution >= 0.6 is 15.9 Å². The van der Waals surface area contributed by atoms with Crippen LogP contribution in [-0.4, -0.2) is 47.3 Å². The second kappa shape index (κ2) is 4.69. The highest BCUT2D eigenvalue weighted by atomic mass is 79.9. The number of piperazine rings is 1. The van der Waals surface area contributed by atoms with Crippen LogP contribution in [0.2, 0.25) is 0 Å². The van der Waals surface area contributed by atoms with Crippen molar-refractivity contribution in [2.45, 2.75) is 0 Å². The number of anilines is 1. The first-order valence-electron chi connectivity index (χ1n) is 5.01. The Morgan fingerprint density at radius 3 is 2.62 bits per heavy atom. The third kappa shape index (κ3) is 2.44. The minimum atomic E-state index is -0.846. The van der Waals surface area contributed by atoms with Gasteiger partial charge < -0.3 is 14.9 Å². The van der Waals surface area contributed by atoms with Crippen LogP contribution in [-0.2, 0) is 0 Å². The van der Waals surface area contributed by atoms with Crippen LogP contribution in [0, 0.1) is 0 Å². The van der Waals surface area contributed by atoms with Crippen LogP contribution in [0.4, 0.5) is 10.6 Å². The van der Waals surface area contributed by atoms with E-state index in [9.17, 15) is 4.79 Å². The van der Waals surface area contributed by atoms with E-state index in [1.54, 1.807) is 6.20 Å². The molecule has 0 aromatic carbocycles. The Morgan fingerprint density at radius 2 is 2.06 bits per heavy atom. The number of hydrogen-bond acceptors (Lipinski definition) is 3. The molecule has 1 fully saturated rings. The van der Waals surface area contributed by atoms with Crippen molar-refractivity contribution in [2.24, 2.45) is 0 Å². The van der Waals surface area contributed by atoms with Gasteiger partial charge in [-0.15, -0.1) is 0 Å². The van der Waals surface area contributed by atoms with Crippen LogP contribution < -0.4 is 4.90 Å². The lowest BCUT2D eigenvalue weighted by Crippen LogP contribution is -2.48. The predicted molar refractivity (Wildman–Crippen MR) is 63.7 cm³/mol. The summed E-state index contributed by atoms with van der Waals surface area (Å²) in [5.41, 5.74) is 0. The van der Waals surface area contributed by atoms with Crippen molar-refractivity contribution < 1.29 is 9.90 Å². The average molecular weight is 286 g/mol. The molecule has 0 saturated carbocycles. The molecule has 1 aromatic heterocycles. The molecule has 0 spiro atoms. The molecule has 1 aromatic rings. The molecule has 0 radical (unpaired) electrons. The normalized spacial score (nSPS) is 16.3. The smallest absolute Gasteiger partial charge is 0.407 e. The molecule has 1 N–H and O–H groups in total. The first-order valence-corrected chi connectivity index (χ1v) is 5.80. The number of carboxylic acid groups (broad SMARTS) is 1. The second-order valence-electron chi connectivity index (χ2n) is 3.59. The molecule has 1 aliphatic heterocycles. The molecule has 0 bridgehead atoms. The van der Waals surface area contributed by atoms with Crippen molar-refractivity contribution in [2.75, 3.05) is 31.1 Å². The van der Waals surface area contributed by atoms with Gasteiger partial charge in [0.1, 0.15) is 5.82 Å². The standard InChI is InChI=1S/C10H12BrN3O2/c11-8-1-2-12-9(7-8)13-3-5-14(6-4-13)10(15)16/h1-2,7H,3-6H2,(H,15,16). The lowest BCUT2D eigenvalue weighted by Gasteiger charge is -2.33. The van der Waals surface area contributed by atoms with E-state index in [0.29, 0.717) is 26.2 Å². The molecule has 0 atom stereocenters. The van der Waals surface area contributed by atoms with E-state index >= 15 is 0 Å². The molecule has 1 saturated heterocycles. The molecular weight excluding hydrogens is 274 g/mol. The molecule has 1 aliphatic rings. The van der Waals surface area contributed by atoms with Crippen molar-refractivity contribution >= 4 is 27.8 Å². The van der Waals surface area contributed by atoms with Gasteiger partial charge in [0.05, 0.1) is 0 Å². The molecule has 86 valence electrons. The minimum absolute atomic E-state index is 0.531. The highest BCUT2D eigenvalue weighted by Gasteiger charge is 2.20. The van der Waals surface area contributed by atoms with Crippen LogP contribution in [0.1, 0.15) is 0 Å². The van der Waals surface area contributed by atoms with E-state index < -0.39 is 6.09 Å². The van der Waals surface area contributed by atoms with Gasteiger partial charge in [-0.25, -0.2) is 9.78 Å². The van der Waals surface area contributed by atoms with Crippen molar-refractivity contribution in [1.29, 1.82) is 0 Å². The fourth-order valence-corrected chi connectivity index (χ4v) is 2.02. The van der Waals surface area contributed by atoms with E-state index in [2.05, 4.69) is 25.8 Å². The first-order chi connectivity index (χ1) is 7.66. The summed E-state index contributed by atoms with van der Waals surface area (Å²) in [6.45, 7) is 2.44. The van der Waals surface area contributed by atoms with Gasteiger partial charge in [0, 0.05) is 36.8 Å². The van der Waals surface area contributed by atoms with Gasteiger partial charge in [-0.2, -0.15) is 0 Å². The van der Waals surface area contributed by atoms with Crippen LogP contribution in [0.5, 0.6) is 0 Å². The zero-order chi connectivity index (χ0) is 11.5. The highest BCUT2D eigenvalue weighted by molar-refractivity contribution is 9.10. The second-order valence-corrected chi connectivity index (χ2v) is 4.50. The van der Waals surface area contributed by atoms with Gasteiger partial charge in [-0.1, -0.05) is 15.9 Å². The third-order valence-electron chi connectivity index (χ3n) is 2.58. The molecule has 5 nitrogen and oxygen atoms in total. The molecule has 16 heavy (non-hydrogen) atoms. The molecule has 0 aliphatic carbocycles. The summed E-state index contributed by atoms with van der Waals surface area (Å²) in [7, 11) is 0. The Hall–Kier alpha value is -1.30. The topological polar surface area (TPSA) is 56.7 Å². The number of nitrogens with zero attached hydrogens (tertiary/aromatic N) is 3. The largest absolute Gasteiger partial charge is 0.465 e. The monoisotopic (exact) mass is 285 g/mol. The van der Waals surface area contributed by atoms with E-state index in [-0.39, 0.29) is 0 Å². The molecule has 2 heterocycles. The molecule has 2 rings (SSSR count). The van der Waals surface area contributed by atoms with Crippen molar-refractivity contribution in [1.82, 2.24) is 9.88 Å². The summed E-state index contributed by atoms with van der Waals surface area (Å²) in [6, 6.07) is 3.81. The Bertz CT molecular complexity index is 391. The summed E-state index contributed by atoms with van der Waals surface area (Å²) in [4.78, 5) is 18.5. The van der Waals surface area contributed by atoms with E-state index in [1.165, 1.54) is 4.90 Å². The van der Waals surface area contributed by atoms with Gasteiger partial charge in [-0.05, 0) is 12.1 Å². The lowest BCUT2D eigenvalue weighted by atomic mass is 10.3. The van der Waals surface area contributed by atoms with Gasteiger partial charge in [0.25, 0.3) is 0 Å². The maximum absolute atomic E-state index is 10.7. The molecule has 0 unspecified atom stereocenters. The molecular formula is C10H12BrN3O2. The first kappa shape index (κ1) is 11.2. The van der Waals surface area contributed by atoms with E-state index in [4.69, 9.17) is 5.11 Å². The average Bonchev–Trinajstić information content (AvgIpc) is 2.29. The minimum Gasteiger partial charge on any atom is -0.465 e. The van der Waals surface area contributed by atoms with E-state index in [1.807, 2.05) is 12.1 Å². The Labute approximate surface area is 102 Å². The number of aromatic nitrogens is 1. The van der Waals surface area contributed by atoms with E-state index in [0.717, 1.165) is 10.3 Å². The highest BCUT2D eigenvalue weighted by Crippen LogP contribution is 2.18. The summed E-state index contributed by atoms with van der Waals surface area (Å²) >= 11 is 3.39. The maximum atomic E-state index is 10.7. The fraction of sp³-hybridized carbons (Fsp3) is 0.400. The maximum Gasteiger partial charge on any atom is 0.407 e.